The molecule has 3 rings (SSSR count). The highest BCUT2D eigenvalue weighted by atomic mass is 16.1. The van der Waals surface area contributed by atoms with E-state index in [-0.39, 0.29) is 0 Å². The fraction of sp³-hybridized carbons (Fsp3) is 0.267. The first-order valence-electron chi connectivity index (χ1n) is 6.97. The molecule has 0 fully saturated rings. The van der Waals surface area contributed by atoms with Gasteiger partial charge < -0.3 is 15.6 Å². The predicted molar refractivity (Wildman–Crippen MR) is 82.7 cm³/mol. The van der Waals surface area contributed by atoms with E-state index in [0.717, 1.165) is 47.7 Å². The van der Waals surface area contributed by atoms with Crippen molar-refractivity contribution in [2.45, 2.75) is 19.4 Å². The Morgan fingerprint density at radius 1 is 1.29 bits per heavy atom. The second-order valence-corrected chi connectivity index (χ2v) is 4.93. The third kappa shape index (κ3) is 2.52. The summed E-state index contributed by atoms with van der Waals surface area (Å²) in [7, 11) is 0. The molecule has 6 heteroatoms. The van der Waals surface area contributed by atoms with Gasteiger partial charge in [0.1, 0.15) is 5.52 Å². The molecule has 0 aliphatic rings. The fourth-order valence-corrected chi connectivity index (χ4v) is 2.54. The molecule has 0 spiro atoms. The van der Waals surface area contributed by atoms with Crippen LogP contribution in [0.5, 0.6) is 0 Å². The summed E-state index contributed by atoms with van der Waals surface area (Å²) in [5.74, 6) is 0.463. The number of aryl methyl sites for hydroxylation is 1. The highest BCUT2D eigenvalue weighted by Crippen LogP contribution is 2.27. The molecule has 0 saturated carbocycles. The molecule has 2 aromatic heterocycles. The van der Waals surface area contributed by atoms with Gasteiger partial charge in [-0.3, -0.25) is 4.79 Å². The lowest BCUT2D eigenvalue weighted by Gasteiger charge is -2.07. The summed E-state index contributed by atoms with van der Waals surface area (Å²) < 4.78 is 2.11. The van der Waals surface area contributed by atoms with Crippen LogP contribution in [0.15, 0.2) is 30.6 Å². The van der Waals surface area contributed by atoms with Gasteiger partial charge in [0, 0.05) is 18.5 Å². The van der Waals surface area contributed by atoms with Gasteiger partial charge in [0.15, 0.2) is 5.82 Å². The highest BCUT2D eigenvalue weighted by Gasteiger charge is 2.11. The van der Waals surface area contributed by atoms with E-state index in [0.29, 0.717) is 12.4 Å². The molecule has 0 atom stereocenters. The smallest absolute Gasteiger partial charge is 0.207 e. The minimum atomic E-state index is 0.463. The number of nitrogens with zero attached hydrogens (tertiary/aromatic N) is 3. The lowest BCUT2D eigenvalue weighted by molar-refractivity contribution is -0.109. The molecular weight excluding hydrogens is 266 g/mol. The number of fused-ring (bicyclic) bond motifs is 3. The van der Waals surface area contributed by atoms with Crippen molar-refractivity contribution >= 4 is 34.2 Å². The molecule has 3 aromatic rings. The largest absolute Gasteiger partial charge is 0.382 e. The zero-order valence-corrected chi connectivity index (χ0v) is 11.6. The topological polar surface area (TPSA) is 85.8 Å². The second kappa shape index (κ2) is 5.78. The van der Waals surface area contributed by atoms with Crippen molar-refractivity contribution in [2.75, 3.05) is 12.3 Å². The first kappa shape index (κ1) is 13.4. The van der Waals surface area contributed by atoms with Crippen LogP contribution in [0.4, 0.5) is 5.82 Å². The molecule has 6 nitrogen and oxygen atoms in total. The molecule has 0 unspecified atom stereocenters. The lowest BCUT2D eigenvalue weighted by Crippen LogP contribution is -2.12. The standard InChI is InChI=1S/C15H17N5O/c16-15-13-14(11-5-1-2-6-12(11)19-15)20(9-18-13)8-4-3-7-17-10-21/h1-2,5-6,9-10H,3-4,7-8H2,(H2,16,19)(H,17,21). The number of unbranched alkanes of at least 4 members (excludes halogenated alkanes) is 1. The van der Waals surface area contributed by atoms with Crippen LogP contribution < -0.4 is 11.1 Å². The summed E-state index contributed by atoms with van der Waals surface area (Å²) in [5, 5.41) is 3.73. The van der Waals surface area contributed by atoms with Crippen molar-refractivity contribution in [3.63, 3.8) is 0 Å². The molecule has 3 N–H and O–H groups in total. The van der Waals surface area contributed by atoms with E-state index in [4.69, 9.17) is 5.73 Å². The van der Waals surface area contributed by atoms with Gasteiger partial charge in [-0.2, -0.15) is 0 Å². The van der Waals surface area contributed by atoms with Gasteiger partial charge in [-0.15, -0.1) is 0 Å². The van der Waals surface area contributed by atoms with Gasteiger partial charge >= 0.3 is 0 Å². The van der Waals surface area contributed by atoms with Gasteiger partial charge in [0.2, 0.25) is 6.41 Å². The first-order chi connectivity index (χ1) is 10.3. The number of pyridine rings is 1. The molecule has 0 saturated heterocycles. The third-order valence-electron chi connectivity index (χ3n) is 3.53. The number of benzene rings is 1. The molecule has 21 heavy (non-hydrogen) atoms. The maximum absolute atomic E-state index is 10.2. The van der Waals surface area contributed by atoms with E-state index in [9.17, 15) is 4.79 Å². The molecule has 1 aromatic carbocycles. The van der Waals surface area contributed by atoms with Crippen LogP contribution in [-0.4, -0.2) is 27.5 Å². The van der Waals surface area contributed by atoms with Crippen molar-refractivity contribution in [3.05, 3.63) is 30.6 Å². The monoisotopic (exact) mass is 283 g/mol. The number of hydrogen-bond donors (Lipinski definition) is 2. The molecule has 2 heterocycles. The Balaban J connectivity index is 1.94. The van der Waals surface area contributed by atoms with E-state index in [2.05, 4.69) is 19.9 Å². The van der Waals surface area contributed by atoms with Crippen molar-refractivity contribution in [1.82, 2.24) is 19.9 Å². The summed E-state index contributed by atoms with van der Waals surface area (Å²) in [6.07, 6.45) is 4.43. The van der Waals surface area contributed by atoms with Crippen molar-refractivity contribution in [1.29, 1.82) is 0 Å². The van der Waals surface area contributed by atoms with Gasteiger partial charge in [-0.25, -0.2) is 9.97 Å². The summed E-state index contributed by atoms with van der Waals surface area (Å²) in [4.78, 5) is 19.0. The van der Waals surface area contributed by atoms with Gasteiger partial charge in [-0.1, -0.05) is 18.2 Å². The van der Waals surface area contributed by atoms with Crippen LogP contribution in [0.25, 0.3) is 21.9 Å². The number of anilines is 1. The molecule has 1 amide bonds. The van der Waals surface area contributed by atoms with Crippen LogP contribution in [-0.2, 0) is 11.3 Å². The maximum atomic E-state index is 10.2. The van der Waals surface area contributed by atoms with E-state index in [1.165, 1.54) is 0 Å². The Hall–Kier alpha value is -2.63. The summed E-state index contributed by atoms with van der Waals surface area (Å²) in [6, 6.07) is 7.93. The average Bonchev–Trinajstić information content (AvgIpc) is 2.92. The minimum absolute atomic E-state index is 0.463. The normalized spacial score (nSPS) is 11.0. The number of nitrogen functional groups attached to an aromatic ring is 1. The fourth-order valence-electron chi connectivity index (χ4n) is 2.54. The number of amides is 1. The molecule has 0 bridgehead atoms. The maximum Gasteiger partial charge on any atom is 0.207 e. The first-order valence-corrected chi connectivity index (χ1v) is 6.97. The Morgan fingerprint density at radius 3 is 3.00 bits per heavy atom. The summed E-state index contributed by atoms with van der Waals surface area (Å²) >= 11 is 0. The highest BCUT2D eigenvalue weighted by molar-refractivity contribution is 6.06. The molecule has 0 aliphatic heterocycles. The van der Waals surface area contributed by atoms with Crippen molar-refractivity contribution in [2.24, 2.45) is 0 Å². The van der Waals surface area contributed by atoms with E-state index in [1.54, 1.807) is 0 Å². The number of imidazole rings is 1. The van der Waals surface area contributed by atoms with E-state index >= 15 is 0 Å². The summed E-state index contributed by atoms with van der Waals surface area (Å²) in [6.45, 7) is 1.53. The Morgan fingerprint density at radius 2 is 2.14 bits per heavy atom. The van der Waals surface area contributed by atoms with E-state index in [1.807, 2.05) is 30.6 Å². The number of nitrogens with two attached hydrogens (primary N) is 1. The number of hydrogen-bond acceptors (Lipinski definition) is 4. The Labute approximate surface area is 122 Å². The molecule has 0 radical (unpaired) electrons. The Bertz CT molecular complexity index is 780. The van der Waals surface area contributed by atoms with Gasteiger partial charge in [-0.05, 0) is 18.9 Å². The predicted octanol–water partition coefficient (Wildman–Crippen LogP) is 1.69. The van der Waals surface area contributed by atoms with Crippen LogP contribution in [0.1, 0.15) is 12.8 Å². The molecule has 108 valence electrons. The SMILES string of the molecule is Nc1nc2ccccc2c2c1ncn2CCCCNC=O. The zero-order chi connectivity index (χ0) is 14.7. The van der Waals surface area contributed by atoms with Gasteiger partial charge in [0.05, 0.1) is 17.4 Å². The van der Waals surface area contributed by atoms with Crippen LogP contribution in [0.3, 0.4) is 0 Å². The van der Waals surface area contributed by atoms with Crippen LogP contribution in [0.2, 0.25) is 0 Å². The number of carbonyl (C=O) groups is 1. The summed E-state index contributed by atoms with van der Waals surface area (Å²) in [5.41, 5.74) is 8.65. The third-order valence-corrected chi connectivity index (χ3v) is 3.53. The van der Waals surface area contributed by atoms with E-state index < -0.39 is 0 Å². The minimum Gasteiger partial charge on any atom is -0.382 e. The Kier molecular flexibility index (Phi) is 3.68. The van der Waals surface area contributed by atoms with Crippen molar-refractivity contribution < 1.29 is 4.79 Å². The number of aromatic nitrogens is 3. The van der Waals surface area contributed by atoms with Crippen molar-refractivity contribution in [3.8, 4) is 0 Å². The number of carbonyl (C=O) groups excluding carboxylic acids is 1. The molecule has 0 aliphatic carbocycles. The number of para-hydroxylation sites is 1. The average molecular weight is 283 g/mol. The van der Waals surface area contributed by atoms with Crippen LogP contribution in [0, 0.1) is 0 Å². The quantitative estimate of drug-likeness (QED) is 0.532. The number of rotatable bonds is 6. The zero-order valence-electron chi connectivity index (χ0n) is 11.6. The van der Waals surface area contributed by atoms with Gasteiger partial charge in [0.25, 0.3) is 0 Å². The van der Waals surface area contributed by atoms with Crippen LogP contribution >= 0.6 is 0 Å². The molecular formula is C15H17N5O. The number of nitrogens with one attached hydrogen (secondary N) is 1. The second-order valence-electron chi connectivity index (χ2n) is 4.93. The lowest BCUT2D eigenvalue weighted by atomic mass is 10.2.